The second kappa shape index (κ2) is 26.8. The number of aryl methyl sites for hydroxylation is 6. The maximum absolute atomic E-state index is 10.4. The molecule has 4 rings (SSSR count). The van der Waals surface area contributed by atoms with Crippen molar-refractivity contribution in [3.8, 4) is 23.0 Å². The van der Waals surface area contributed by atoms with E-state index in [4.69, 9.17) is 30.4 Å². The van der Waals surface area contributed by atoms with Crippen LogP contribution in [0.1, 0.15) is 147 Å². The van der Waals surface area contributed by atoms with Crippen molar-refractivity contribution in [1.29, 1.82) is 0 Å². The Kier molecular flexibility index (Phi) is 23.5. The van der Waals surface area contributed by atoms with Gasteiger partial charge in [0.25, 0.3) is 0 Å². The van der Waals surface area contributed by atoms with E-state index in [2.05, 4.69) is 77.9 Å². The molecule has 4 aromatic carbocycles. The fourth-order valence-electron chi connectivity index (χ4n) is 6.59. The molecule has 0 amide bonds. The van der Waals surface area contributed by atoms with Gasteiger partial charge in [-0.3, -0.25) is 9.98 Å². The molecule has 0 unspecified atom stereocenters. The van der Waals surface area contributed by atoms with E-state index >= 15 is 0 Å². The summed E-state index contributed by atoms with van der Waals surface area (Å²) in [5.74, 6) is -5.20. The molecule has 4 N–H and O–H groups in total. The van der Waals surface area contributed by atoms with Gasteiger partial charge in [0.2, 0.25) is 0 Å². The summed E-state index contributed by atoms with van der Waals surface area (Å²) in [6, 6.07) is 18.7. The molecule has 59 heavy (non-hydrogen) atoms. The third kappa shape index (κ3) is 15.9. The fraction of sp³-hybridized carbons (Fsp3) is 0.417. The molecule has 0 aliphatic carbocycles. The van der Waals surface area contributed by atoms with Crippen LogP contribution in [0.15, 0.2) is 70.6 Å². The minimum atomic E-state index is -1.50. The number of benzene rings is 4. The van der Waals surface area contributed by atoms with Crippen LogP contribution >= 0.6 is 0 Å². The van der Waals surface area contributed by atoms with Gasteiger partial charge in [-0.2, -0.15) is 0 Å². The Hall–Kier alpha value is -5.15. The third-order valence-corrected chi connectivity index (χ3v) is 10.0. The molecule has 0 spiro atoms. The molecule has 4 aromatic rings. The summed E-state index contributed by atoms with van der Waals surface area (Å²) in [6.07, 6.45) is 13.9. The zero-order valence-electron chi connectivity index (χ0n) is 35.9. The number of phenols is 4. The Morgan fingerprint density at radius 3 is 1.27 bits per heavy atom. The zero-order valence-corrected chi connectivity index (χ0v) is 36.9. The van der Waals surface area contributed by atoms with E-state index in [1.807, 2.05) is 0 Å². The molecular weight excluding hydrogens is 791 g/mol. The maximum atomic E-state index is 10.4. The van der Waals surface area contributed by atoms with Gasteiger partial charge in [0.15, 0.2) is 23.0 Å². The van der Waals surface area contributed by atoms with Gasteiger partial charge in [-0.05, 0) is 129 Å². The predicted molar refractivity (Wildman–Crippen MR) is 231 cm³/mol. The average molecular weight is 854 g/mol. The molecule has 10 nitrogen and oxygen atoms in total. The van der Waals surface area contributed by atoms with Crippen molar-refractivity contribution in [3.05, 3.63) is 105 Å². The zero-order chi connectivity index (χ0) is 43.4. The Bertz CT molecular complexity index is 1970. The van der Waals surface area contributed by atoms with Gasteiger partial charge in [-0.15, -0.1) is 0 Å². The quantitative estimate of drug-likeness (QED) is 0.0350. The van der Waals surface area contributed by atoms with E-state index in [0.717, 1.165) is 55.6 Å². The molecule has 0 aliphatic heterocycles. The number of hydrogen-bond donors (Lipinski definition) is 4. The van der Waals surface area contributed by atoms with Crippen LogP contribution in [0.3, 0.4) is 0 Å². The van der Waals surface area contributed by atoms with Crippen LogP contribution in [0.2, 0.25) is 0 Å². The van der Waals surface area contributed by atoms with E-state index in [1.54, 1.807) is 0 Å². The van der Waals surface area contributed by atoms with Crippen molar-refractivity contribution >= 4 is 34.7 Å². The molecule has 0 heterocycles. The number of carboxylic acid groups (broad SMARTS) is 2. The number of aromatic carboxylic acids is 2. The van der Waals surface area contributed by atoms with Crippen molar-refractivity contribution in [1.82, 2.24) is 0 Å². The standard InChI is InChI=1S/C32H48N2.2C8H8O4.Ni/c1-7-13-14-15-16-17-18-32(34-30-22-20-26(9-3)28(11-5)24-30)31(12-6)33-29-21-19-25(8-2)27(10-4)23-29;2*1-4-2-3-5(9)7(10)6(4)8(11)12;/h19-24H,7-18H2,1-6H3;2*2-3,9-10H,1H3,(H,11,12);/q;;;+2/p-2. The minimum absolute atomic E-state index is 0. The number of phenolic OH excluding ortho intramolecular Hbond substituents is 2. The van der Waals surface area contributed by atoms with Crippen LogP contribution < -0.4 is 10.2 Å². The number of nitrogens with zero attached hydrogens (tertiary/aromatic N) is 2. The molecule has 0 saturated heterocycles. The van der Waals surface area contributed by atoms with E-state index in [9.17, 15) is 19.8 Å². The summed E-state index contributed by atoms with van der Waals surface area (Å²) in [5, 5.41) is 56.8. The van der Waals surface area contributed by atoms with Gasteiger partial charge >= 0.3 is 16.5 Å². The minimum Gasteiger partial charge on any atom is -0.545 e. The molecule has 322 valence electrons. The van der Waals surface area contributed by atoms with Crippen molar-refractivity contribution in [3.63, 3.8) is 0 Å². The first-order valence-electron chi connectivity index (χ1n) is 20.5. The van der Waals surface area contributed by atoms with Crippen LogP contribution in [-0.2, 0) is 42.2 Å². The van der Waals surface area contributed by atoms with E-state index < -0.39 is 34.9 Å². The number of carboxylic acids is 2. The largest absolute Gasteiger partial charge is 2.00 e. The molecule has 11 heteroatoms. The first-order valence-corrected chi connectivity index (χ1v) is 20.5. The van der Waals surface area contributed by atoms with Crippen molar-refractivity contribution < 1.29 is 56.7 Å². The van der Waals surface area contributed by atoms with Crippen LogP contribution in [0.5, 0.6) is 23.0 Å². The summed E-state index contributed by atoms with van der Waals surface area (Å²) < 4.78 is 0. The number of rotatable bonds is 17. The molecule has 0 atom stereocenters. The number of unbranched alkanes of at least 4 members (excludes halogenated alkanes) is 5. The van der Waals surface area contributed by atoms with Crippen LogP contribution in [-0.4, -0.2) is 43.8 Å². The van der Waals surface area contributed by atoms with Gasteiger partial charge in [0.1, 0.15) is 0 Å². The van der Waals surface area contributed by atoms with Gasteiger partial charge in [-0.25, -0.2) is 0 Å². The normalized spacial score (nSPS) is 11.1. The molecular formula is C48H62N2NiO8. The van der Waals surface area contributed by atoms with Crippen molar-refractivity contribution in [2.24, 2.45) is 9.98 Å². The Morgan fingerprint density at radius 1 is 0.525 bits per heavy atom. The fourth-order valence-corrected chi connectivity index (χ4v) is 6.59. The maximum Gasteiger partial charge on any atom is 2.00 e. The predicted octanol–water partition coefficient (Wildman–Crippen LogP) is 9.48. The SMILES string of the molecule is CCCCCCCCC(=Nc1ccc(CC)c(CC)c1)C(CC)=Nc1ccc(CC)c(CC)c1.Cc1ccc(O)c(O)c1C(=O)[O-].Cc1ccc(O)c(O)c1C(=O)[O-].[Ni+2]. The molecule has 0 radical (unpaired) electrons. The number of aliphatic imine (C=N–C) groups is 2. The summed E-state index contributed by atoms with van der Waals surface area (Å²) >= 11 is 0. The number of carbonyl (C=O) groups excluding carboxylic acids is 2. The molecule has 0 fully saturated rings. The number of hydrogen-bond acceptors (Lipinski definition) is 10. The van der Waals surface area contributed by atoms with Gasteiger partial charge in [0.05, 0.1) is 34.7 Å². The van der Waals surface area contributed by atoms with Crippen LogP contribution in [0.4, 0.5) is 11.4 Å². The van der Waals surface area contributed by atoms with E-state index in [-0.39, 0.29) is 27.6 Å². The van der Waals surface area contributed by atoms with Gasteiger partial charge in [0, 0.05) is 11.1 Å². The monoisotopic (exact) mass is 852 g/mol. The first kappa shape index (κ1) is 51.9. The average Bonchev–Trinajstić information content (AvgIpc) is 3.21. The Balaban J connectivity index is 0.000000564. The van der Waals surface area contributed by atoms with Crippen molar-refractivity contribution in [2.45, 2.75) is 132 Å². The number of carbonyl (C=O) groups is 2. The molecule has 0 bridgehead atoms. The van der Waals surface area contributed by atoms with Gasteiger partial charge in [-0.1, -0.05) is 97.9 Å². The summed E-state index contributed by atoms with van der Waals surface area (Å²) in [4.78, 5) is 31.2. The molecule has 0 saturated carbocycles. The van der Waals surface area contributed by atoms with Crippen molar-refractivity contribution in [2.75, 3.05) is 0 Å². The topological polar surface area (TPSA) is 186 Å². The second-order valence-electron chi connectivity index (χ2n) is 14.1. The summed E-state index contributed by atoms with van der Waals surface area (Å²) in [6.45, 7) is 16.4. The smallest absolute Gasteiger partial charge is 0.545 e. The molecule has 0 aliphatic rings. The second-order valence-corrected chi connectivity index (χ2v) is 14.1. The Labute approximate surface area is 360 Å². The van der Waals surface area contributed by atoms with Gasteiger partial charge < -0.3 is 40.2 Å². The van der Waals surface area contributed by atoms with E-state index in [1.165, 1.54) is 105 Å². The summed E-state index contributed by atoms with van der Waals surface area (Å²) in [7, 11) is 0. The van der Waals surface area contributed by atoms with Crippen LogP contribution in [0, 0.1) is 13.8 Å². The third-order valence-electron chi connectivity index (χ3n) is 10.0. The van der Waals surface area contributed by atoms with E-state index in [0.29, 0.717) is 11.1 Å². The Morgan fingerprint density at radius 2 is 0.915 bits per heavy atom. The van der Waals surface area contributed by atoms with Crippen LogP contribution in [0.25, 0.3) is 0 Å². The number of aromatic hydroxyl groups is 4. The molecule has 0 aromatic heterocycles. The summed E-state index contributed by atoms with van der Waals surface area (Å²) in [5.41, 5.74) is 10.1. The first-order chi connectivity index (χ1) is 27.7.